The van der Waals surface area contributed by atoms with Crippen LogP contribution < -0.4 is 14.9 Å². The predicted molar refractivity (Wildman–Crippen MR) is 94.9 cm³/mol. The van der Waals surface area contributed by atoms with E-state index in [9.17, 15) is 4.79 Å². The first-order valence-corrected chi connectivity index (χ1v) is 7.86. The average Bonchev–Trinajstić information content (AvgIpc) is 2.64. The van der Waals surface area contributed by atoms with Gasteiger partial charge in [-0.25, -0.2) is 5.43 Å². The predicted octanol–water partition coefficient (Wildman–Crippen LogP) is 3.64. The number of carbonyl (C=O) groups excluding carboxylic acids is 1. The number of rotatable bonds is 7. The molecule has 0 spiro atoms. The minimum Gasteiger partial charge on any atom is -0.497 e. The van der Waals surface area contributed by atoms with Crippen LogP contribution in [0.1, 0.15) is 36.2 Å². The number of hydrogen-bond donors (Lipinski definition) is 1. The Labute approximate surface area is 142 Å². The molecule has 1 N–H and O–H groups in total. The standard InChI is InChI=1S/C19H22N2O3/c1-4-13-24-18-11-7-16(8-12-18)19(22)21-20-14(2)15-5-9-17(23-3)10-6-15/h5-12H,4,13H2,1-3H3,(H,21,22)/b20-14-. The zero-order valence-corrected chi connectivity index (χ0v) is 14.2. The maximum absolute atomic E-state index is 12.1. The van der Waals surface area contributed by atoms with Crippen LogP contribution in [0, 0.1) is 0 Å². The summed E-state index contributed by atoms with van der Waals surface area (Å²) in [7, 11) is 1.62. The molecule has 5 heteroatoms. The topological polar surface area (TPSA) is 59.9 Å². The molecule has 0 aliphatic heterocycles. The van der Waals surface area contributed by atoms with Gasteiger partial charge >= 0.3 is 0 Å². The van der Waals surface area contributed by atoms with Gasteiger partial charge in [0.25, 0.3) is 5.91 Å². The molecule has 2 rings (SSSR count). The third kappa shape index (κ3) is 4.84. The van der Waals surface area contributed by atoms with Gasteiger partial charge in [0.1, 0.15) is 11.5 Å². The lowest BCUT2D eigenvalue weighted by molar-refractivity contribution is 0.0955. The fourth-order valence-corrected chi connectivity index (χ4v) is 2.02. The van der Waals surface area contributed by atoms with Gasteiger partial charge in [0.05, 0.1) is 19.4 Å². The maximum Gasteiger partial charge on any atom is 0.271 e. The Balaban J connectivity index is 1.97. The Kier molecular flexibility index (Phi) is 6.37. The number of amides is 1. The molecule has 0 atom stereocenters. The zero-order chi connectivity index (χ0) is 17.4. The third-order valence-electron chi connectivity index (χ3n) is 3.42. The first kappa shape index (κ1) is 17.5. The van der Waals surface area contributed by atoms with Crippen LogP contribution in [0.15, 0.2) is 53.6 Å². The smallest absolute Gasteiger partial charge is 0.271 e. The number of methoxy groups -OCH3 is 1. The van der Waals surface area contributed by atoms with Gasteiger partial charge in [-0.05, 0) is 67.4 Å². The largest absolute Gasteiger partial charge is 0.497 e. The number of benzene rings is 2. The van der Waals surface area contributed by atoms with Crippen LogP contribution >= 0.6 is 0 Å². The van der Waals surface area contributed by atoms with Gasteiger partial charge in [-0.3, -0.25) is 4.79 Å². The van der Waals surface area contributed by atoms with E-state index < -0.39 is 0 Å². The third-order valence-corrected chi connectivity index (χ3v) is 3.42. The molecule has 0 aromatic heterocycles. The normalized spacial score (nSPS) is 11.0. The summed E-state index contributed by atoms with van der Waals surface area (Å²) in [5.41, 5.74) is 4.73. The van der Waals surface area contributed by atoms with Gasteiger partial charge in [-0.2, -0.15) is 5.10 Å². The van der Waals surface area contributed by atoms with Crippen molar-refractivity contribution in [1.29, 1.82) is 0 Å². The van der Waals surface area contributed by atoms with Crippen LogP contribution in [-0.2, 0) is 0 Å². The van der Waals surface area contributed by atoms with E-state index in [2.05, 4.69) is 10.5 Å². The van der Waals surface area contributed by atoms with E-state index in [1.807, 2.05) is 38.1 Å². The molecular formula is C19H22N2O3. The second-order valence-electron chi connectivity index (χ2n) is 5.24. The molecule has 2 aromatic rings. The molecule has 24 heavy (non-hydrogen) atoms. The van der Waals surface area contributed by atoms with E-state index in [0.29, 0.717) is 17.9 Å². The van der Waals surface area contributed by atoms with E-state index in [1.165, 1.54) is 0 Å². The molecule has 0 saturated heterocycles. The molecule has 0 aliphatic carbocycles. The fraction of sp³-hybridized carbons (Fsp3) is 0.263. The van der Waals surface area contributed by atoms with Crippen molar-refractivity contribution in [2.75, 3.05) is 13.7 Å². The van der Waals surface area contributed by atoms with Crippen molar-refractivity contribution in [3.63, 3.8) is 0 Å². The van der Waals surface area contributed by atoms with Crippen molar-refractivity contribution < 1.29 is 14.3 Å². The van der Waals surface area contributed by atoms with E-state index in [4.69, 9.17) is 9.47 Å². The highest BCUT2D eigenvalue weighted by Crippen LogP contribution is 2.13. The number of ether oxygens (including phenoxy) is 2. The Morgan fingerprint density at radius 1 is 1.00 bits per heavy atom. The second kappa shape index (κ2) is 8.72. The molecule has 0 heterocycles. The van der Waals surface area contributed by atoms with Crippen LogP contribution in [0.4, 0.5) is 0 Å². The summed E-state index contributed by atoms with van der Waals surface area (Å²) >= 11 is 0. The summed E-state index contributed by atoms with van der Waals surface area (Å²) in [5, 5.41) is 4.14. The van der Waals surface area contributed by atoms with Crippen LogP contribution in [0.25, 0.3) is 0 Å². The van der Waals surface area contributed by atoms with Crippen LogP contribution in [-0.4, -0.2) is 25.3 Å². The number of hydrazone groups is 1. The van der Waals surface area contributed by atoms with Crippen molar-refractivity contribution in [1.82, 2.24) is 5.43 Å². The van der Waals surface area contributed by atoms with E-state index in [1.54, 1.807) is 31.4 Å². The van der Waals surface area contributed by atoms with Crippen molar-refractivity contribution in [2.45, 2.75) is 20.3 Å². The molecule has 0 radical (unpaired) electrons. The summed E-state index contributed by atoms with van der Waals surface area (Å²) < 4.78 is 10.6. The quantitative estimate of drug-likeness (QED) is 0.624. The molecular weight excluding hydrogens is 304 g/mol. The zero-order valence-electron chi connectivity index (χ0n) is 14.2. The minimum atomic E-state index is -0.259. The number of nitrogens with one attached hydrogen (secondary N) is 1. The Morgan fingerprint density at radius 3 is 2.17 bits per heavy atom. The van der Waals surface area contributed by atoms with Gasteiger partial charge < -0.3 is 9.47 Å². The van der Waals surface area contributed by atoms with Crippen molar-refractivity contribution in [3.8, 4) is 11.5 Å². The first-order valence-electron chi connectivity index (χ1n) is 7.86. The lowest BCUT2D eigenvalue weighted by atomic mass is 10.1. The SMILES string of the molecule is CCCOc1ccc(C(=O)N/N=C(/C)c2ccc(OC)cc2)cc1. The number of nitrogens with zero attached hydrogens (tertiary/aromatic N) is 1. The highest BCUT2D eigenvalue weighted by Gasteiger charge is 2.05. The van der Waals surface area contributed by atoms with Gasteiger partial charge in [0, 0.05) is 5.56 Å². The summed E-state index contributed by atoms with van der Waals surface area (Å²) in [4.78, 5) is 12.1. The average molecular weight is 326 g/mol. The lowest BCUT2D eigenvalue weighted by Crippen LogP contribution is -2.19. The van der Waals surface area contributed by atoms with E-state index in [0.717, 1.165) is 23.5 Å². The Morgan fingerprint density at radius 2 is 1.58 bits per heavy atom. The molecule has 0 fully saturated rings. The molecule has 0 aliphatic rings. The molecule has 0 saturated carbocycles. The summed E-state index contributed by atoms with van der Waals surface area (Å²) in [6.07, 6.45) is 0.946. The number of hydrogen-bond acceptors (Lipinski definition) is 4. The van der Waals surface area contributed by atoms with Crippen LogP contribution in [0.3, 0.4) is 0 Å². The molecule has 2 aromatic carbocycles. The van der Waals surface area contributed by atoms with Crippen LogP contribution in [0.2, 0.25) is 0 Å². The second-order valence-corrected chi connectivity index (χ2v) is 5.24. The van der Waals surface area contributed by atoms with E-state index in [-0.39, 0.29) is 5.91 Å². The van der Waals surface area contributed by atoms with Gasteiger partial charge in [0.2, 0.25) is 0 Å². The molecule has 0 unspecified atom stereocenters. The van der Waals surface area contributed by atoms with Crippen molar-refractivity contribution >= 4 is 11.6 Å². The maximum atomic E-state index is 12.1. The van der Waals surface area contributed by atoms with Crippen molar-refractivity contribution in [3.05, 3.63) is 59.7 Å². The molecule has 5 nitrogen and oxygen atoms in total. The number of carbonyl (C=O) groups is 1. The van der Waals surface area contributed by atoms with Gasteiger partial charge in [-0.15, -0.1) is 0 Å². The minimum absolute atomic E-state index is 0.259. The highest BCUT2D eigenvalue weighted by atomic mass is 16.5. The molecule has 126 valence electrons. The summed E-state index contributed by atoms with van der Waals surface area (Å²) in [6.45, 7) is 4.55. The molecule has 1 amide bonds. The summed E-state index contributed by atoms with van der Waals surface area (Å²) in [6, 6.07) is 14.5. The van der Waals surface area contributed by atoms with Crippen LogP contribution in [0.5, 0.6) is 11.5 Å². The Bertz CT molecular complexity index is 692. The summed E-state index contributed by atoms with van der Waals surface area (Å²) in [5.74, 6) is 1.28. The van der Waals surface area contributed by atoms with Gasteiger partial charge in [0.15, 0.2) is 0 Å². The van der Waals surface area contributed by atoms with Gasteiger partial charge in [-0.1, -0.05) is 6.92 Å². The first-order chi connectivity index (χ1) is 11.6. The van der Waals surface area contributed by atoms with E-state index >= 15 is 0 Å². The molecule has 0 bridgehead atoms. The highest BCUT2D eigenvalue weighted by molar-refractivity contribution is 6.00. The van der Waals surface area contributed by atoms with Crippen molar-refractivity contribution in [2.24, 2.45) is 5.10 Å². The Hall–Kier alpha value is -2.82. The monoisotopic (exact) mass is 326 g/mol. The fourth-order valence-electron chi connectivity index (χ4n) is 2.02. The lowest BCUT2D eigenvalue weighted by Gasteiger charge is -2.06.